The Balaban J connectivity index is 0.000000169. The van der Waals surface area contributed by atoms with Crippen LogP contribution in [-0.4, -0.2) is 63.6 Å². The van der Waals surface area contributed by atoms with Crippen LogP contribution in [0.5, 0.6) is 0 Å². The standard InChI is InChI=1S/C20H17ClN2O3S2.C20H17ClN2O2S2/c21-13-7-5-12(6-8-13)11-27-28-20(26)23-10-17-15(9-18(23)19(24)25)14-3-1-2-4-16(14)22-17;21-13-7-5-12(6-8-13)11-27-20(26)23-10-17-15(9-18(23)19(24)25)14-3-1-2-4-16(14)22-17/h1-8,18,22H,9-11H2,(H,24,25);1-8,18,22H,9-11H2,(H,24,25)/t18-;/m0./s1. The number of nitrogens with zero attached hydrogens (tertiary/aromatic N) is 2. The molecule has 4 heterocycles. The molecule has 55 heavy (non-hydrogen) atoms. The molecule has 0 radical (unpaired) electrons. The first-order valence-corrected chi connectivity index (χ1v) is 21.7. The highest BCUT2D eigenvalue weighted by atomic mass is 35.5. The first kappa shape index (κ1) is 39.1. The quantitative estimate of drug-likeness (QED) is 0.0910. The predicted molar refractivity (Wildman–Crippen MR) is 229 cm³/mol. The summed E-state index contributed by atoms with van der Waals surface area (Å²) >= 11 is 18.9. The Bertz CT molecular complexity index is 2390. The third-order valence-corrected chi connectivity index (χ3v) is 13.7. The molecule has 2 aliphatic rings. The number of para-hydroxylation sites is 2. The van der Waals surface area contributed by atoms with E-state index in [0.29, 0.717) is 45.3 Å². The lowest BCUT2D eigenvalue weighted by atomic mass is 9.97. The molecule has 9 nitrogen and oxygen atoms in total. The topological polar surface area (TPSA) is 130 Å². The molecule has 4 aromatic carbocycles. The number of carboxylic acids is 2. The van der Waals surface area contributed by atoms with Gasteiger partial charge in [0.1, 0.15) is 16.4 Å². The van der Waals surface area contributed by atoms with Crippen LogP contribution < -0.4 is 0 Å². The molecule has 282 valence electrons. The Morgan fingerprint density at radius 3 is 1.64 bits per heavy atom. The molecule has 2 aliphatic heterocycles. The molecule has 1 unspecified atom stereocenters. The van der Waals surface area contributed by atoms with Crippen LogP contribution in [0.1, 0.15) is 33.6 Å². The van der Waals surface area contributed by atoms with Crippen LogP contribution in [0, 0.1) is 0 Å². The van der Waals surface area contributed by atoms with Gasteiger partial charge >= 0.3 is 11.9 Å². The zero-order chi connectivity index (χ0) is 38.6. The van der Waals surface area contributed by atoms with Gasteiger partial charge in [-0.2, -0.15) is 0 Å². The van der Waals surface area contributed by atoms with Crippen LogP contribution in [0.25, 0.3) is 21.8 Å². The van der Waals surface area contributed by atoms with Crippen molar-refractivity contribution in [1.29, 1.82) is 0 Å². The Morgan fingerprint density at radius 1 is 0.673 bits per heavy atom. The molecule has 0 fully saturated rings. The number of benzene rings is 4. The van der Waals surface area contributed by atoms with Gasteiger partial charge in [0.25, 0.3) is 5.24 Å². The zero-order valence-corrected chi connectivity index (χ0v) is 33.8. The summed E-state index contributed by atoms with van der Waals surface area (Å²) < 4.78 is 0.599. The largest absolute Gasteiger partial charge is 0.480 e. The number of halogens is 2. The molecule has 2 aromatic heterocycles. The number of fused-ring (bicyclic) bond motifs is 6. The van der Waals surface area contributed by atoms with Crippen molar-refractivity contribution < 1.29 is 24.6 Å². The molecule has 0 bridgehead atoms. The maximum Gasteiger partial charge on any atom is 0.326 e. The predicted octanol–water partition coefficient (Wildman–Crippen LogP) is 10.2. The number of aromatic nitrogens is 2. The molecule has 0 saturated heterocycles. The number of thiocarbonyl (C=S) groups is 1. The Hall–Kier alpha value is -4.11. The van der Waals surface area contributed by atoms with Crippen LogP contribution in [0.4, 0.5) is 4.79 Å². The summed E-state index contributed by atoms with van der Waals surface area (Å²) in [4.78, 5) is 46.5. The number of rotatable bonds is 7. The smallest absolute Gasteiger partial charge is 0.326 e. The second-order valence-corrected chi connectivity index (χ2v) is 17.8. The second kappa shape index (κ2) is 17.4. The molecule has 0 saturated carbocycles. The van der Waals surface area contributed by atoms with Crippen molar-refractivity contribution in [3.05, 3.63) is 141 Å². The van der Waals surface area contributed by atoms with Crippen LogP contribution in [0.3, 0.4) is 0 Å². The van der Waals surface area contributed by atoms with Crippen LogP contribution >= 0.6 is 68.8 Å². The first-order chi connectivity index (χ1) is 26.5. The molecule has 0 spiro atoms. The van der Waals surface area contributed by atoms with Crippen LogP contribution in [-0.2, 0) is 47.0 Å². The van der Waals surface area contributed by atoms with Gasteiger partial charge in [0.15, 0.2) is 0 Å². The van der Waals surface area contributed by atoms with Gasteiger partial charge in [0, 0.05) is 78.4 Å². The van der Waals surface area contributed by atoms with E-state index in [2.05, 4.69) is 9.97 Å². The van der Waals surface area contributed by atoms with E-state index in [9.17, 15) is 24.6 Å². The average Bonchev–Trinajstić information content (AvgIpc) is 3.75. The van der Waals surface area contributed by atoms with Crippen molar-refractivity contribution in [3.8, 4) is 0 Å². The number of aromatic amines is 2. The number of hydrogen-bond acceptors (Lipinski definition) is 7. The van der Waals surface area contributed by atoms with Crippen molar-refractivity contribution in [2.45, 2.75) is 49.5 Å². The van der Waals surface area contributed by atoms with Crippen molar-refractivity contribution in [3.63, 3.8) is 0 Å². The Labute approximate surface area is 344 Å². The van der Waals surface area contributed by atoms with Gasteiger partial charge in [0.2, 0.25) is 0 Å². The van der Waals surface area contributed by atoms with Gasteiger partial charge in [-0.3, -0.25) is 4.79 Å². The van der Waals surface area contributed by atoms with Crippen molar-refractivity contribution in [1.82, 2.24) is 19.8 Å². The fourth-order valence-corrected chi connectivity index (χ4v) is 10.2. The van der Waals surface area contributed by atoms with Gasteiger partial charge in [-0.15, -0.1) is 0 Å². The minimum atomic E-state index is -0.979. The lowest BCUT2D eigenvalue weighted by Gasteiger charge is -2.34. The van der Waals surface area contributed by atoms with E-state index in [1.807, 2.05) is 102 Å². The number of H-pyrrole nitrogens is 2. The molecule has 6 aromatic rings. The summed E-state index contributed by atoms with van der Waals surface area (Å²) in [5.74, 6) is -0.511. The number of thioether (sulfide) groups is 1. The maximum absolute atomic E-state index is 12.8. The third kappa shape index (κ3) is 8.98. The van der Waals surface area contributed by atoms with E-state index in [1.54, 1.807) is 0 Å². The van der Waals surface area contributed by atoms with Crippen LogP contribution in [0.2, 0.25) is 10.0 Å². The number of nitrogens with one attached hydrogen (secondary N) is 2. The van der Waals surface area contributed by atoms with E-state index in [1.165, 1.54) is 27.5 Å². The number of carboxylic acid groups (broad SMARTS) is 2. The lowest BCUT2D eigenvalue weighted by Crippen LogP contribution is -2.47. The minimum Gasteiger partial charge on any atom is -0.480 e. The van der Waals surface area contributed by atoms with Crippen molar-refractivity contribution in [2.75, 3.05) is 0 Å². The number of aliphatic carboxylic acids is 2. The SMILES string of the molecule is O=C(O)C1Cc2c([nH]c3ccccc23)CN1C(=S)SCc1ccc(Cl)cc1.O=C(O)[C@@H]1Cc2c([nH]c3ccccc23)CN1C(=O)SSCc1ccc(Cl)cc1. The fraction of sp³-hybridized carbons (Fsp3) is 0.200. The van der Waals surface area contributed by atoms with Gasteiger partial charge in [-0.05, 0) is 58.7 Å². The van der Waals surface area contributed by atoms with Crippen LogP contribution in [0.15, 0.2) is 97.1 Å². The normalized spacial score (nSPS) is 16.3. The number of amides is 1. The molecule has 1 amide bonds. The highest BCUT2D eigenvalue weighted by Crippen LogP contribution is 2.36. The summed E-state index contributed by atoms with van der Waals surface area (Å²) in [6, 6.07) is 29.4. The molecule has 4 N–H and O–H groups in total. The second-order valence-electron chi connectivity index (χ2n) is 13.0. The van der Waals surface area contributed by atoms with Gasteiger partial charge in [-0.25, -0.2) is 9.59 Å². The van der Waals surface area contributed by atoms with E-state index >= 15 is 0 Å². The Morgan fingerprint density at radius 2 is 1.13 bits per heavy atom. The summed E-state index contributed by atoms with van der Waals surface area (Å²) in [5, 5.41) is 22.7. The fourth-order valence-electron chi connectivity index (χ4n) is 6.83. The van der Waals surface area contributed by atoms with Crippen molar-refractivity contribution in [2.24, 2.45) is 0 Å². The molecule has 0 aliphatic carbocycles. The summed E-state index contributed by atoms with van der Waals surface area (Å²) in [7, 11) is 2.47. The van der Waals surface area contributed by atoms with Gasteiger partial charge < -0.3 is 30.0 Å². The molecule has 8 rings (SSSR count). The minimum absolute atomic E-state index is 0.240. The van der Waals surface area contributed by atoms with E-state index in [-0.39, 0.29) is 11.8 Å². The highest BCUT2D eigenvalue weighted by molar-refractivity contribution is 8.81. The first-order valence-electron chi connectivity index (χ1n) is 17.2. The summed E-state index contributed by atoms with van der Waals surface area (Å²) in [6.45, 7) is 0.752. The monoisotopic (exact) mass is 848 g/mol. The molecule has 15 heteroatoms. The zero-order valence-electron chi connectivity index (χ0n) is 29.0. The average molecular weight is 850 g/mol. The third-order valence-electron chi connectivity index (χ3n) is 9.59. The maximum atomic E-state index is 12.8. The molecule has 2 atom stereocenters. The lowest BCUT2D eigenvalue weighted by molar-refractivity contribution is -0.143. The van der Waals surface area contributed by atoms with E-state index in [0.717, 1.165) is 66.2 Å². The summed E-state index contributed by atoms with van der Waals surface area (Å²) in [5.41, 5.74) is 8.19. The number of carbonyl (C=O) groups excluding carboxylic acids is 1. The molecular formula is C40H34Cl2N4O5S4. The highest BCUT2D eigenvalue weighted by Gasteiger charge is 2.37. The van der Waals surface area contributed by atoms with E-state index < -0.39 is 24.0 Å². The molecular weight excluding hydrogens is 816 g/mol. The van der Waals surface area contributed by atoms with Crippen molar-refractivity contribution >= 4 is 112 Å². The Kier molecular flexibility index (Phi) is 12.4. The van der Waals surface area contributed by atoms with Gasteiger partial charge in [-0.1, -0.05) is 119 Å². The van der Waals surface area contributed by atoms with Gasteiger partial charge in [0.05, 0.1) is 13.1 Å². The van der Waals surface area contributed by atoms with E-state index in [4.69, 9.17) is 35.4 Å². The summed E-state index contributed by atoms with van der Waals surface area (Å²) in [6.07, 6.45) is 0.749. The number of hydrogen-bond donors (Lipinski definition) is 4. The number of carbonyl (C=O) groups is 3.